The Morgan fingerprint density at radius 1 is 1.69 bits per heavy atom. The van der Waals surface area contributed by atoms with E-state index >= 15 is 0 Å². The first kappa shape index (κ1) is 10.2. The van der Waals surface area contributed by atoms with Gasteiger partial charge < -0.3 is 0 Å². The summed E-state index contributed by atoms with van der Waals surface area (Å²) >= 11 is 1.12. The van der Waals surface area contributed by atoms with Gasteiger partial charge in [0.15, 0.2) is 9.84 Å². The Labute approximate surface area is 80.8 Å². The highest BCUT2D eigenvalue weighted by Crippen LogP contribution is 2.14. The summed E-state index contributed by atoms with van der Waals surface area (Å²) in [6.07, 6.45) is 1.39. The molecule has 0 fully saturated rings. The van der Waals surface area contributed by atoms with Gasteiger partial charge >= 0.3 is 0 Å². The summed E-state index contributed by atoms with van der Waals surface area (Å²) in [6, 6.07) is 1.91. The van der Waals surface area contributed by atoms with Gasteiger partial charge in [-0.15, -0.1) is 11.3 Å². The van der Waals surface area contributed by atoms with E-state index in [0.717, 1.165) is 11.3 Å². The van der Waals surface area contributed by atoms with Crippen LogP contribution >= 0.6 is 11.3 Å². The van der Waals surface area contributed by atoms with E-state index in [9.17, 15) is 8.42 Å². The molecular formula is C7H8N2O2S2. The quantitative estimate of drug-likeness (QED) is 0.754. The molecule has 0 aliphatic rings. The summed E-state index contributed by atoms with van der Waals surface area (Å²) in [5.41, 5.74) is 0. The maximum atomic E-state index is 11.2. The van der Waals surface area contributed by atoms with E-state index in [0.29, 0.717) is 9.88 Å². The van der Waals surface area contributed by atoms with E-state index in [1.54, 1.807) is 6.92 Å². The number of nitrogens with zero attached hydrogens (tertiary/aromatic N) is 2. The second kappa shape index (κ2) is 3.85. The minimum absolute atomic E-state index is 0.0597. The third-order valence-corrected chi connectivity index (χ3v) is 4.12. The van der Waals surface area contributed by atoms with E-state index in [-0.39, 0.29) is 11.5 Å². The number of hydrogen-bond donors (Lipinski definition) is 0. The zero-order valence-corrected chi connectivity index (χ0v) is 8.65. The number of thiazole rings is 1. The van der Waals surface area contributed by atoms with Gasteiger partial charge in [-0.25, -0.2) is 13.4 Å². The zero-order chi connectivity index (χ0) is 9.90. The van der Waals surface area contributed by atoms with Crippen LogP contribution in [-0.2, 0) is 15.6 Å². The number of rotatable bonds is 3. The van der Waals surface area contributed by atoms with Gasteiger partial charge in [0.2, 0.25) is 0 Å². The molecule has 0 radical (unpaired) electrons. The number of aromatic nitrogens is 1. The topological polar surface area (TPSA) is 70.8 Å². The van der Waals surface area contributed by atoms with Gasteiger partial charge in [0.25, 0.3) is 0 Å². The molecule has 13 heavy (non-hydrogen) atoms. The van der Waals surface area contributed by atoms with E-state index in [4.69, 9.17) is 5.26 Å². The van der Waals surface area contributed by atoms with Crippen molar-refractivity contribution in [3.05, 3.63) is 16.1 Å². The molecule has 0 bridgehead atoms. The second-order valence-corrected chi connectivity index (χ2v) is 5.88. The van der Waals surface area contributed by atoms with Crippen molar-refractivity contribution in [2.45, 2.75) is 12.7 Å². The lowest BCUT2D eigenvalue weighted by atomic mass is 10.6. The van der Waals surface area contributed by atoms with Crippen LogP contribution in [0.25, 0.3) is 0 Å². The van der Waals surface area contributed by atoms with Crippen molar-refractivity contribution in [2.75, 3.05) is 5.75 Å². The predicted octanol–water partition coefficient (Wildman–Crippen LogP) is 0.949. The Morgan fingerprint density at radius 2 is 2.38 bits per heavy atom. The monoisotopic (exact) mass is 216 g/mol. The number of hydrogen-bond acceptors (Lipinski definition) is 5. The van der Waals surface area contributed by atoms with Gasteiger partial charge in [-0.1, -0.05) is 6.92 Å². The van der Waals surface area contributed by atoms with Crippen molar-refractivity contribution in [3.8, 4) is 6.07 Å². The molecule has 6 heteroatoms. The largest absolute Gasteiger partial charge is 0.247 e. The maximum absolute atomic E-state index is 11.2. The average molecular weight is 216 g/mol. The summed E-state index contributed by atoms with van der Waals surface area (Å²) in [5.74, 6) is 0.0459. The predicted molar refractivity (Wildman–Crippen MR) is 50.0 cm³/mol. The van der Waals surface area contributed by atoms with Crippen molar-refractivity contribution in [1.82, 2.24) is 4.98 Å². The zero-order valence-electron chi connectivity index (χ0n) is 7.02. The Morgan fingerprint density at radius 3 is 2.85 bits per heavy atom. The van der Waals surface area contributed by atoms with Crippen LogP contribution in [0.4, 0.5) is 0 Å². The highest BCUT2D eigenvalue weighted by Gasteiger charge is 2.11. The first-order valence-electron chi connectivity index (χ1n) is 3.62. The van der Waals surface area contributed by atoms with Crippen molar-refractivity contribution in [3.63, 3.8) is 0 Å². The lowest BCUT2D eigenvalue weighted by Crippen LogP contribution is -2.05. The Balaban J connectivity index is 2.83. The molecule has 1 rings (SSSR count). The number of sulfone groups is 1. The van der Waals surface area contributed by atoms with Crippen LogP contribution in [0.1, 0.15) is 16.8 Å². The highest BCUT2D eigenvalue weighted by molar-refractivity contribution is 7.90. The van der Waals surface area contributed by atoms with Crippen LogP contribution < -0.4 is 0 Å². The summed E-state index contributed by atoms with van der Waals surface area (Å²) in [7, 11) is -3.03. The molecule has 0 aliphatic carbocycles. The third-order valence-electron chi connectivity index (χ3n) is 1.45. The lowest BCUT2D eigenvalue weighted by molar-refractivity contribution is 0.596. The standard InChI is InChI=1S/C7H8N2O2S2/c1-2-13(10,11)5-7-9-4-6(3-8)12-7/h4H,2,5H2,1H3. The molecule has 1 aromatic rings. The molecule has 0 atom stereocenters. The molecule has 0 N–H and O–H groups in total. The van der Waals surface area contributed by atoms with Crippen LogP contribution in [0.2, 0.25) is 0 Å². The van der Waals surface area contributed by atoms with Crippen molar-refractivity contribution < 1.29 is 8.42 Å². The molecule has 0 saturated carbocycles. The number of nitriles is 1. The van der Waals surface area contributed by atoms with Gasteiger partial charge in [-0.2, -0.15) is 5.26 Å². The van der Waals surface area contributed by atoms with Crippen molar-refractivity contribution >= 4 is 21.2 Å². The molecule has 70 valence electrons. The van der Waals surface area contributed by atoms with Gasteiger partial charge in [0, 0.05) is 5.75 Å². The molecule has 0 spiro atoms. The molecule has 0 aromatic carbocycles. The van der Waals surface area contributed by atoms with Gasteiger partial charge in [-0.3, -0.25) is 0 Å². The van der Waals surface area contributed by atoms with Crippen molar-refractivity contribution in [2.24, 2.45) is 0 Å². The maximum Gasteiger partial charge on any atom is 0.156 e. The Bertz CT molecular complexity index is 428. The second-order valence-electron chi connectivity index (χ2n) is 2.41. The van der Waals surface area contributed by atoms with Crippen LogP contribution in [0.15, 0.2) is 6.20 Å². The van der Waals surface area contributed by atoms with E-state index in [2.05, 4.69) is 4.98 Å². The smallest absolute Gasteiger partial charge is 0.156 e. The molecule has 0 aliphatic heterocycles. The summed E-state index contributed by atoms with van der Waals surface area (Å²) in [5, 5.41) is 8.96. The highest BCUT2D eigenvalue weighted by atomic mass is 32.2. The summed E-state index contributed by atoms with van der Waals surface area (Å²) < 4.78 is 22.3. The van der Waals surface area contributed by atoms with Crippen LogP contribution in [-0.4, -0.2) is 19.2 Å². The molecular weight excluding hydrogens is 208 g/mol. The van der Waals surface area contributed by atoms with Gasteiger partial charge in [0.1, 0.15) is 21.7 Å². The first-order chi connectivity index (χ1) is 6.07. The fourth-order valence-corrected chi connectivity index (χ4v) is 2.66. The summed E-state index contributed by atoms with van der Waals surface area (Å²) in [6.45, 7) is 1.59. The van der Waals surface area contributed by atoms with Crippen LogP contribution in [0.3, 0.4) is 0 Å². The molecule has 1 aromatic heterocycles. The fourth-order valence-electron chi connectivity index (χ4n) is 0.719. The van der Waals surface area contributed by atoms with E-state index in [1.807, 2.05) is 6.07 Å². The normalized spacial score (nSPS) is 11.1. The Hall–Kier alpha value is -0.930. The van der Waals surface area contributed by atoms with Gasteiger partial charge in [0.05, 0.1) is 6.20 Å². The van der Waals surface area contributed by atoms with E-state index in [1.165, 1.54) is 6.20 Å². The molecule has 0 unspecified atom stereocenters. The fraction of sp³-hybridized carbons (Fsp3) is 0.429. The molecule has 1 heterocycles. The molecule has 4 nitrogen and oxygen atoms in total. The molecule has 0 saturated heterocycles. The average Bonchev–Trinajstić information content (AvgIpc) is 2.52. The Kier molecular flexibility index (Phi) is 3.01. The summed E-state index contributed by atoms with van der Waals surface area (Å²) in [4.78, 5) is 4.28. The molecule has 0 amide bonds. The van der Waals surface area contributed by atoms with Gasteiger partial charge in [-0.05, 0) is 0 Å². The van der Waals surface area contributed by atoms with Crippen molar-refractivity contribution in [1.29, 1.82) is 5.26 Å². The minimum Gasteiger partial charge on any atom is -0.247 e. The SMILES string of the molecule is CCS(=O)(=O)Cc1ncc(C#N)s1. The van der Waals surface area contributed by atoms with E-state index < -0.39 is 9.84 Å². The minimum atomic E-state index is -3.03. The lowest BCUT2D eigenvalue weighted by Gasteiger charge is -1.94. The first-order valence-corrected chi connectivity index (χ1v) is 6.26. The third kappa shape index (κ3) is 2.79. The van der Waals surface area contributed by atoms with Crippen LogP contribution in [0, 0.1) is 11.3 Å². The van der Waals surface area contributed by atoms with Crippen LogP contribution in [0.5, 0.6) is 0 Å².